The van der Waals surface area contributed by atoms with Crippen molar-refractivity contribution < 1.29 is 79.3 Å². The van der Waals surface area contributed by atoms with Crippen molar-refractivity contribution in [2.45, 2.75) is 106 Å². The van der Waals surface area contributed by atoms with Gasteiger partial charge >= 0.3 is 35.5 Å². The molecule has 13 nitrogen and oxygen atoms in total. The second-order valence-electron chi connectivity index (χ2n) is 15.7. The van der Waals surface area contributed by atoms with Crippen LogP contribution in [0.3, 0.4) is 0 Å². The molecule has 0 spiro atoms. The van der Waals surface area contributed by atoms with Crippen LogP contribution >= 0.6 is 0 Å². The van der Waals surface area contributed by atoms with E-state index >= 15 is 0 Å². The largest absolute Gasteiger partial charge is 1.00 e. The van der Waals surface area contributed by atoms with E-state index in [1.165, 1.54) is 24.3 Å². The van der Waals surface area contributed by atoms with Crippen molar-refractivity contribution in [3.8, 4) is 0 Å². The molecule has 2 aromatic carbocycles. The number of hydrogen-bond acceptors (Lipinski definition) is 11. The number of allylic oxidation sites excluding steroid dienone is 8. The second kappa shape index (κ2) is 16.9. The standard InChI is InChI=1S/C41H47N3O10S2.Na/c1-40(2)31-25-29(55(48,49)50)15-17-33(31)42(5)35(40)19-13-27-10-9-11-28(24-27)14-20-36-41(3,4)32-26-30(56(51,52)53)16-18-34(32)43(36)23-8-6-7-12-39(47)54-44-37(45)21-22-38(44)46;/h13-20,24-26H,6-12,21-23H2,1-5H3,(H-,48,49,50,51,52,53);/q;+1/p-1. The summed E-state index contributed by atoms with van der Waals surface area (Å²) >= 11 is 0. The molecule has 3 heterocycles. The number of imide groups is 1. The van der Waals surface area contributed by atoms with Gasteiger partial charge < -0.3 is 18.8 Å². The summed E-state index contributed by atoms with van der Waals surface area (Å²) in [6.07, 6.45) is 14.9. The Balaban J connectivity index is 0.00000620. The SMILES string of the molecule is C[N+]1=C(/C=C/C2=CC(=C\C=C3\N(CCCCCC(=O)ON4C(=O)CCC4=O)c4ccc(S(=O)(=O)[O-])cc4C3(C)C)/CCC2)C(C)(C)c2cc(S(=O)(=O)[O-])ccc21.[Na+]. The number of rotatable bonds is 12. The summed E-state index contributed by atoms with van der Waals surface area (Å²) in [5.74, 6) is -1.70. The fraction of sp³-hybridized carbons (Fsp3) is 0.415. The average molecular weight is 828 g/mol. The third-order valence-corrected chi connectivity index (χ3v) is 12.8. The molecule has 0 saturated carbocycles. The van der Waals surface area contributed by atoms with Gasteiger partial charge in [0.05, 0.1) is 15.2 Å². The molecule has 3 aliphatic heterocycles. The first kappa shape index (κ1) is 44.4. The number of amides is 2. The summed E-state index contributed by atoms with van der Waals surface area (Å²) in [4.78, 5) is 42.4. The third kappa shape index (κ3) is 9.30. The molecule has 0 bridgehead atoms. The first-order valence-electron chi connectivity index (χ1n) is 18.7. The van der Waals surface area contributed by atoms with Crippen molar-refractivity contribution in [2.75, 3.05) is 18.5 Å². The van der Waals surface area contributed by atoms with Crippen molar-refractivity contribution >= 4 is 55.1 Å². The zero-order chi connectivity index (χ0) is 40.8. The normalized spacial score (nSPS) is 20.4. The summed E-state index contributed by atoms with van der Waals surface area (Å²) in [5, 5.41) is 0.547. The van der Waals surface area contributed by atoms with Gasteiger partial charge in [0, 0.05) is 60.3 Å². The van der Waals surface area contributed by atoms with Crippen molar-refractivity contribution in [3.05, 3.63) is 94.7 Å². The number of fused-ring (bicyclic) bond motifs is 2. The van der Waals surface area contributed by atoms with Gasteiger partial charge in [0.2, 0.25) is 5.69 Å². The topological polar surface area (TPSA) is 184 Å². The number of carbonyl (C=O) groups is 3. The smallest absolute Gasteiger partial charge is 0.744 e. The predicted molar refractivity (Wildman–Crippen MR) is 206 cm³/mol. The fourth-order valence-corrected chi connectivity index (χ4v) is 9.05. The van der Waals surface area contributed by atoms with E-state index < -0.39 is 48.8 Å². The van der Waals surface area contributed by atoms with Crippen LogP contribution in [0.5, 0.6) is 0 Å². The van der Waals surface area contributed by atoms with Crippen molar-refractivity contribution in [1.29, 1.82) is 0 Å². The third-order valence-electron chi connectivity index (χ3n) is 11.1. The maximum Gasteiger partial charge on any atom is 1.00 e. The molecule has 0 aromatic heterocycles. The van der Waals surface area contributed by atoms with E-state index in [0.29, 0.717) is 36.4 Å². The Hall–Kier alpha value is -3.70. The Morgan fingerprint density at radius 3 is 2.11 bits per heavy atom. The van der Waals surface area contributed by atoms with Gasteiger partial charge in [0.15, 0.2) is 5.71 Å². The Morgan fingerprint density at radius 2 is 1.46 bits per heavy atom. The first-order valence-corrected chi connectivity index (χ1v) is 21.5. The number of unbranched alkanes of at least 4 members (excludes halogenated alkanes) is 2. The molecule has 16 heteroatoms. The summed E-state index contributed by atoms with van der Waals surface area (Å²) in [5.41, 5.74) is 6.01. The molecule has 0 unspecified atom stereocenters. The maximum atomic E-state index is 12.3. The van der Waals surface area contributed by atoms with E-state index in [1.807, 2.05) is 51.5 Å². The minimum absolute atomic E-state index is 0. The van der Waals surface area contributed by atoms with Crippen LogP contribution in [0.1, 0.15) is 96.6 Å². The number of carbonyl (C=O) groups excluding carboxylic acids is 3. The van der Waals surface area contributed by atoms with Gasteiger partial charge in [-0.15, -0.1) is 5.06 Å². The first-order chi connectivity index (χ1) is 26.2. The Kier molecular flexibility index (Phi) is 13.1. The van der Waals surface area contributed by atoms with Crippen LogP contribution in [0.15, 0.2) is 93.4 Å². The molecular weight excluding hydrogens is 782 g/mol. The minimum atomic E-state index is -4.68. The average Bonchev–Trinajstić information content (AvgIpc) is 3.63. The van der Waals surface area contributed by atoms with E-state index in [-0.39, 0.29) is 58.6 Å². The van der Waals surface area contributed by atoms with Crippen LogP contribution in [-0.4, -0.2) is 72.7 Å². The van der Waals surface area contributed by atoms with E-state index in [2.05, 4.69) is 23.1 Å². The molecule has 6 rings (SSSR count). The summed E-state index contributed by atoms with van der Waals surface area (Å²) in [6, 6.07) is 8.93. The van der Waals surface area contributed by atoms with Gasteiger partial charge in [-0.05, 0) is 99.1 Å². The van der Waals surface area contributed by atoms with Gasteiger partial charge in [-0.2, -0.15) is 4.58 Å². The van der Waals surface area contributed by atoms with E-state index in [4.69, 9.17) is 4.84 Å². The molecule has 2 aromatic rings. The molecule has 0 radical (unpaired) electrons. The van der Waals surface area contributed by atoms with Crippen molar-refractivity contribution in [1.82, 2.24) is 5.06 Å². The quantitative estimate of drug-likeness (QED) is 0.101. The van der Waals surface area contributed by atoms with Crippen LogP contribution in [0, 0.1) is 0 Å². The molecule has 0 atom stereocenters. The van der Waals surface area contributed by atoms with E-state index in [0.717, 1.165) is 58.8 Å². The molecule has 1 fully saturated rings. The van der Waals surface area contributed by atoms with Crippen molar-refractivity contribution in [2.24, 2.45) is 0 Å². The number of hydroxylamine groups is 2. The Bertz CT molecular complexity index is 2380. The molecule has 298 valence electrons. The van der Waals surface area contributed by atoms with Gasteiger partial charge in [0.1, 0.15) is 27.3 Å². The van der Waals surface area contributed by atoms with Gasteiger partial charge in [-0.25, -0.2) is 21.6 Å². The van der Waals surface area contributed by atoms with Crippen LogP contribution in [0.4, 0.5) is 11.4 Å². The predicted octanol–water partition coefficient (Wildman–Crippen LogP) is 2.95. The molecule has 4 aliphatic rings. The number of hydrogen-bond donors (Lipinski definition) is 0. The molecule has 0 N–H and O–H groups in total. The fourth-order valence-electron chi connectivity index (χ4n) is 8.06. The summed E-state index contributed by atoms with van der Waals surface area (Å²) in [7, 11) is -7.36. The summed E-state index contributed by atoms with van der Waals surface area (Å²) < 4.78 is 73.2. The molecular formula is C41H46N3NaO10S2. The Morgan fingerprint density at radius 1 is 0.825 bits per heavy atom. The van der Waals surface area contributed by atoms with Crippen LogP contribution < -0.4 is 34.5 Å². The van der Waals surface area contributed by atoms with E-state index in [9.17, 15) is 40.3 Å². The number of benzene rings is 2. The van der Waals surface area contributed by atoms with Gasteiger partial charge in [-0.1, -0.05) is 38.5 Å². The van der Waals surface area contributed by atoms with Gasteiger partial charge in [-0.3, -0.25) is 9.59 Å². The minimum Gasteiger partial charge on any atom is -0.744 e. The monoisotopic (exact) mass is 827 g/mol. The Labute approximate surface area is 356 Å². The molecule has 2 amide bonds. The zero-order valence-corrected chi connectivity index (χ0v) is 36.8. The zero-order valence-electron chi connectivity index (χ0n) is 33.2. The van der Waals surface area contributed by atoms with Crippen molar-refractivity contribution in [3.63, 3.8) is 0 Å². The maximum absolute atomic E-state index is 12.3. The second-order valence-corrected chi connectivity index (χ2v) is 18.4. The molecule has 1 aliphatic carbocycles. The van der Waals surface area contributed by atoms with Crippen LogP contribution in [0.2, 0.25) is 0 Å². The van der Waals surface area contributed by atoms with Crippen LogP contribution in [-0.2, 0) is 50.3 Å². The number of nitrogens with zero attached hydrogens (tertiary/aromatic N) is 3. The van der Waals surface area contributed by atoms with Crippen LogP contribution in [0.25, 0.3) is 0 Å². The summed E-state index contributed by atoms with van der Waals surface area (Å²) in [6.45, 7) is 8.53. The molecule has 57 heavy (non-hydrogen) atoms. The number of anilines is 1. The molecule has 1 saturated heterocycles. The van der Waals surface area contributed by atoms with E-state index in [1.54, 1.807) is 12.1 Å². The van der Waals surface area contributed by atoms with Gasteiger partial charge in [0.25, 0.3) is 11.8 Å².